The van der Waals surface area contributed by atoms with Gasteiger partial charge >= 0.3 is 5.69 Å². The highest BCUT2D eigenvalue weighted by Gasteiger charge is 2.29. The minimum atomic E-state index is -0.653. The number of para-hydroxylation sites is 2. The topological polar surface area (TPSA) is 92.1 Å². The molecule has 0 radical (unpaired) electrons. The molecule has 0 saturated carbocycles. The molecule has 0 spiro atoms. The number of benzene rings is 2. The first-order valence-electron chi connectivity index (χ1n) is 12.0. The molecule has 0 saturated heterocycles. The molecule has 2 aliphatic heterocycles. The van der Waals surface area contributed by atoms with Crippen LogP contribution in [0.15, 0.2) is 59.4 Å². The molecule has 2 aliphatic rings. The number of rotatable bonds is 7. The normalized spacial score (nSPS) is 17.8. The Morgan fingerprint density at radius 1 is 1.17 bits per heavy atom. The molecule has 1 aromatic heterocycles. The summed E-state index contributed by atoms with van der Waals surface area (Å²) in [4.78, 5) is 31.4. The van der Waals surface area contributed by atoms with Gasteiger partial charge in [-0.25, -0.2) is 4.79 Å². The van der Waals surface area contributed by atoms with Crippen LogP contribution >= 0.6 is 0 Å². The molecule has 0 fully saturated rings. The number of aromatic nitrogens is 2. The molecule has 3 heterocycles. The summed E-state index contributed by atoms with van der Waals surface area (Å²) in [5.41, 5.74) is 2.05. The Morgan fingerprint density at radius 3 is 2.72 bits per heavy atom. The van der Waals surface area contributed by atoms with E-state index < -0.39 is 11.9 Å². The van der Waals surface area contributed by atoms with Crippen molar-refractivity contribution in [1.82, 2.24) is 14.5 Å². The van der Waals surface area contributed by atoms with Gasteiger partial charge in [0.05, 0.1) is 5.69 Å². The lowest BCUT2D eigenvalue weighted by atomic mass is 9.97. The van der Waals surface area contributed by atoms with E-state index in [0.29, 0.717) is 30.2 Å². The molecule has 9 heteroatoms. The summed E-state index contributed by atoms with van der Waals surface area (Å²) in [5, 5.41) is 0. The third-order valence-electron chi connectivity index (χ3n) is 6.46. The molecule has 2 aromatic carbocycles. The first-order valence-corrected chi connectivity index (χ1v) is 12.0. The van der Waals surface area contributed by atoms with Gasteiger partial charge in [0.25, 0.3) is 0 Å². The maximum absolute atomic E-state index is 13.1. The summed E-state index contributed by atoms with van der Waals surface area (Å²) >= 11 is 0. The van der Waals surface area contributed by atoms with Crippen LogP contribution in [0, 0.1) is 0 Å². The maximum Gasteiger partial charge on any atom is 0.353 e. The van der Waals surface area contributed by atoms with Crippen molar-refractivity contribution in [3.63, 3.8) is 0 Å². The Hall–Kier alpha value is -3.85. The van der Waals surface area contributed by atoms with Crippen LogP contribution in [0.5, 0.6) is 17.4 Å². The SMILES string of the molecule is CC(C)N(C)C(=O)COC1Cc2ccccc2-c2cc(OCC3COc4ccccc4O3)nc(=O)n21. The van der Waals surface area contributed by atoms with Crippen molar-refractivity contribution in [2.75, 3.05) is 26.9 Å². The van der Waals surface area contributed by atoms with E-state index in [9.17, 15) is 9.59 Å². The first kappa shape index (κ1) is 23.9. The number of amides is 1. The first-order chi connectivity index (χ1) is 17.4. The van der Waals surface area contributed by atoms with E-state index in [1.165, 1.54) is 4.57 Å². The highest BCUT2D eigenvalue weighted by molar-refractivity contribution is 5.77. The van der Waals surface area contributed by atoms with Crippen LogP contribution in [0.4, 0.5) is 0 Å². The van der Waals surface area contributed by atoms with Crippen molar-refractivity contribution >= 4 is 5.91 Å². The Balaban J connectivity index is 1.36. The second-order valence-corrected chi connectivity index (χ2v) is 9.17. The molecule has 0 aliphatic carbocycles. The molecule has 2 atom stereocenters. The van der Waals surface area contributed by atoms with Crippen molar-refractivity contribution in [2.24, 2.45) is 0 Å². The van der Waals surface area contributed by atoms with Crippen molar-refractivity contribution in [1.29, 1.82) is 0 Å². The van der Waals surface area contributed by atoms with Crippen LogP contribution in [-0.2, 0) is 16.0 Å². The van der Waals surface area contributed by atoms with E-state index in [2.05, 4.69) is 4.98 Å². The Bertz CT molecular complexity index is 1320. The molecule has 2 unspecified atom stereocenters. The lowest BCUT2D eigenvalue weighted by Crippen LogP contribution is -2.39. The van der Waals surface area contributed by atoms with Crippen molar-refractivity contribution in [3.05, 3.63) is 70.6 Å². The van der Waals surface area contributed by atoms with Gasteiger partial charge in [0.15, 0.2) is 17.6 Å². The zero-order valence-electron chi connectivity index (χ0n) is 20.5. The fraction of sp³-hybridized carbons (Fsp3) is 0.370. The van der Waals surface area contributed by atoms with Crippen LogP contribution < -0.4 is 19.9 Å². The predicted molar refractivity (Wildman–Crippen MR) is 132 cm³/mol. The van der Waals surface area contributed by atoms with Gasteiger partial charge in [0.2, 0.25) is 11.8 Å². The van der Waals surface area contributed by atoms with Crippen LogP contribution in [-0.4, -0.2) is 59.4 Å². The van der Waals surface area contributed by atoms with E-state index >= 15 is 0 Å². The lowest BCUT2D eigenvalue weighted by Gasteiger charge is -2.30. The summed E-state index contributed by atoms with van der Waals surface area (Å²) in [6.07, 6.45) is -0.538. The minimum absolute atomic E-state index is 0.0524. The van der Waals surface area contributed by atoms with Crippen molar-refractivity contribution < 1.29 is 23.7 Å². The summed E-state index contributed by atoms with van der Waals surface area (Å²) < 4.78 is 25.0. The van der Waals surface area contributed by atoms with Crippen molar-refractivity contribution in [3.8, 4) is 28.6 Å². The summed E-state index contributed by atoms with van der Waals surface area (Å²) in [6.45, 7) is 4.24. The number of likely N-dealkylation sites (N-methyl/N-ethyl adjacent to an activating group) is 1. The predicted octanol–water partition coefficient (Wildman–Crippen LogP) is 3.07. The molecule has 0 N–H and O–H groups in total. The Morgan fingerprint density at radius 2 is 1.92 bits per heavy atom. The van der Waals surface area contributed by atoms with Crippen LogP contribution in [0.3, 0.4) is 0 Å². The molecule has 1 amide bonds. The standard InChI is InChI=1S/C27H29N3O6/c1-17(2)29(3)25(31)16-35-26-12-18-8-4-5-9-20(18)21-13-24(28-27(32)30(21)26)34-15-19-14-33-22-10-6-7-11-23(22)36-19/h4-11,13,17,19,26H,12,14-16H2,1-3H3. The number of hydrogen-bond acceptors (Lipinski definition) is 7. The number of ether oxygens (including phenoxy) is 4. The number of carbonyl (C=O) groups is 1. The van der Waals surface area contributed by atoms with Gasteiger partial charge < -0.3 is 23.8 Å². The number of fused-ring (bicyclic) bond motifs is 4. The van der Waals surface area contributed by atoms with Crippen molar-refractivity contribution in [2.45, 2.75) is 38.6 Å². The third-order valence-corrected chi connectivity index (χ3v) is 6.46. The highest BCUT2D eigenvalue weighted by Crippen LogP contribution is 2.35. The monoisotopic (exact) mass is 491 g/mol. The molecule has 5 rings (SSSR count). The van der Waals surface area contributed by atoms with Gasteiger partial charge in [0.1, 0.15) is 26.0 Å². The Labute approximate surface area is 209 Å². The van der Waals surface area contributed by atoms with Crippen LogP contribution in [0.2, 0.25) is 0 Å². The Kier molecular flexibility index (Phi) is 6.65. The van der Waals surface area contributed by atoms with E-state index in [-0.39, 0.29) is 37.1 Å². The van der Waals surface area contributed by atoms with E-state index in [1.807, 2.05) is 62.4 Å². The third kappa shape index (κ3) is 4.79. The zero-order chi connectivity index (χ0) is 25.2. The molecule has 9 nitrogen and oxygen atoms in total. The fourth-order valence-electron chi connectivity index (χ4n) is 4.27. The largest absolute Gasteiger partial charge is 0.486 e. The van der Waals surface area contributed by atoms with E-state index in [4.69, 9.17) is 18.9 Å². The van der Waals surface area contributed by atoms with Gasteiger partial charge in [-0.15, -0.1) is 0 Å². The van der Waals surface area contributed by atoms with Crippen LogP contribution in [0.1, 0.15) is 25.6 Å². The van der Waals surface area contributed by atoms with E-state index in [1.54, 1.807) is 18.0 Å². The summed E-state index contributed by atoms with van der Waals surface area (Å²) in [5.74, 6) is 1.39. The second-order valence-electron chi connectivity index (χ2n) is 9.17. The smallest absolute Gasteiger partial charge is 0.353 e. The zero-order valence-corrected chi connectivity index (χ0v) is 20.5. The average Bonchev–Trinajstić information content (AvgIpc) is 2.89. The van der Waals surface area contributed by atoms with E-state index in [0.717, 1.165) is 11.1 Å². The molecule has 3 aromatic rings. The molecule has 0 bridgehead atoms. The van der Waals surface area contributed by atoms with Crippen LogP contribution in [0.25, 0.3) is 11.3 Å². The molecule has 36 heavy (non-hydrogen) atoms. The second kappa shape index (κ2) is 10.0. The molecular weight excluding hydrogens is 462 g/mol. The lowest BCUT2D eigenvalue weighted by molar-refractivity contribution is -0.140. The summed E-state index contributed by atoms with van der Waals surface area (Å²) in [7, 11) is 1.73. The fourth-order valence-corrected chi connectivity index (χ4v) is 4.27. The van der Waals surface area contributed by atoms with Gasteiger partial charge in [-0.1, -0.05) is 36.4 Å². The van der Waals surface area contributed by atoms with Gasteiger partial charge in [-0.2, -0.15) is 4.98 Å². The summed E-state index contributed by atoms with van der Waals surface area (Å²) in [6, 6.07) is 17.0. The quantitative estimate of drug-likeness (QED) is 0.502. The van der Waals surface area contributed by atoms with Gasteiger partial charge in [-0.05, 0) is 31.5 Å². The number of nitrogens with zero attached hydrogens (tertiary/aromatic N) is 3. The number of carbonyl (C=O) groups excluding carboxylic acids is 1. The molecular formula is C27H29N3O6. The minimum Gasteiger partial charge on any atom is -0.486 e. The molecule has 188 valence electrons. The maximum atomic E-state index is 13.1. The number of hydrogen-bond donors (Lipinski definition) is 0. The highest BCUT2D eigenvalue weighted by atomic mass is 16.6. The van der Waals surface area contributed by atoms with Gasteiger partial charge in [-0.3, -0.25) is 9.36 Å². The average molecular weight is 492 g/mol. The van der Waals surface area contributed by atoms with Gasteiger partial charge in [0, 0.05) is 31.1 Å².